The fraction of sp³-hybridized carbons (Fsp3) is 0.417. The van der Waals surface area contributed by atoms with Crippen molar-refractivity contribution in [2.45, 2.75) is 26.2 Å². The highest BCUT2D eigenvalue weighted by Gasteiger charge is 2.12. The van der Waals surface area contributed by atoms with E-state index in [1.807, 2.05) is 6.21 Å². The molecule has 0 fully saturated rings. The molecule has 0 spiro atoms. The van der Waals surface area contributed by atoms with Crippen LogP contribution in [0.15, 0.2) is 29.4 Å². The highest BCUT2D eigenvalue weighted by Crippen LogP contribution is 2.21. The van der Waals surface area contributed by atoms with E-state index >= 15 is 0 Å². The summed E-state index contributed by atoms with van der Waals surface area (Å²) in [6.45, 7) is 6.64. The van der Waals surface area contributed by atoms with E-state index in [0.717, 1.165) is 5.56 Å². The molecule has 0 saturated heterocycles. The Balaban J connectivity index is 2.84. The van der Waals surface area contributed by atoms with Crippen LogP contribution in [0.4, 0.5) is 0 Å². The van der Waals surface area contributed by atoms with Crippen LogP contribution < -0.4 is 5.43 Å². The number of hydrogen-bond donors (Lipinski definition) is 1. The third kappa shape index (κ3) is 2.87. The second kappa shape index (κ2) is 4.27. The lowest BCUT2D eigenvalue weighted by atomic mass is 9.87. The molecule has 0 aliphatic carbocycles. The van der Waals surface area contributed by atoms with E-state index in [1.165, 1.54) is 5.56 Å². The molecule has 1 aromatic rings. The van der Waals surface area contributed by atoms with Crippen LogP contribution in [0.1, 0.15) is 31.9 Å². The summed E-state index contributed by atoms with van der Waals surface area (Å²) in [5.74, 6) is 0. The Morgan fingerprint density at radius 2 is 1.71 bits per heavy atom. The highest BCUT2D eigenvalue weighted by atomic mass is 15.3. The van der Waals surface area contributed by atoms with Gasteiger partial charge in [-0.3, -0.25) is 0 Å². The van der Waals surface area contributed by atoms with E-state index in [0.29, 0.717) is 0 Å². The first-order valence-corrected chi connectivity index (χ1v) is 4.84. The number of rotatable bonds is 2. The largest absolute Gasteiger partial charge is 0.313 e. The number of hydrazone groups is 1. The van der Waals surface area contributed by atoms with Crippen molar-refractivity contribution in [2.75, 3.05) is 7.05 Å². The SMILES string of the molecule is CN/N=C/c1ccc(C(C)(C)C)cc1. The molecule has 0 bridgehead atoms. The van der Waals surface area contributed by atoms with Gasteiger partial charge in [0.25, 0.3) is 0 Å². The minimum absolute atomic E-state index is 0.221. The maximum absolute atomic E-state index is 3.96. The van der Waals surface area contributed by atoms with Crippen molar-refractivity contribution in [2.24, 2.45) is 5.10 Å². The quantitative estimate of drug-likeness (QED) is 0.562. The van der Waals surface area contributed by atoms with Gasteiger partial charge < -0.3 is 5.43 Å². The Morgan fingerprint density at radius 1 is 1.14 bits per heavy atom. The molecule has 1 rings (SSSR count). The molecule has 2 heteroatoms. The average Bonchev–Trinajstić information content (AvgIpc) is 2.14. The summed E-state index contributed by atoms with van der Waals surface area (Å²) in [4.78, 5) is 0. The third-order valence-electron chi connectivity index (χ3n) is 2.12. The second-order valence-electron chi connectivity index (χ2n) is 4.35. The number of nitrogens with zero attached hydrogens (tertiary/aromatic N) is 1. The third-order valence-corrected chi connectivity index (χ3v) is 2.12. The molecule has 0 saturated carbocycles. The van der Waals surface area contributed by atoms with Gasteiger partial charge in [0.15, 0.2) is 0 Å². The highest BCUT2D eigenvalue weighted by molar-refractivity contribution is 5.79. The second-order valence-corrected chi connectivity index (χ2v) is 4.35. The van der Waals surface area contributed by atoms with Crippen LogP contribution in [0.5, 0.6) is 0 Å². The smallest absolute Gasteiger partial charge is 0.0540 e. The Kier molecular flexibility index (Phi) is 3.28. The molecule has 1 aromatic carbocycles. The normalized spacial score (nSPS) is 12.0. The Hall–Kier alpha value is -1.31. The van der Waals surface area contributed by atoms with Crippen LogP contribution in [0, 0.1) is 0 Å². The first kappa shape index (κ1) is 10.8. The van der Waals surface area contributed by atoms with Crippen molar-refractivity contribution < 1.29 is 0 Å². The van der Waals surface area contributed by atoms with Crippen molar-refractivity contribution in [3.63, 3.8) is 0 Å². The summed E-state index contributed by atoms with van der Waals surface area (Å²) in [7, 11) is 1.79. The first-order chi connectivity index (χ1) is 6.54. The topological polar surface area (TPSA) is 24.4 Å². The zero-order valence-electron chi connectivity index (χ0n) is 9.33. The lowest BCUT2D eigenvalue weighted by Gasteiger charge is -2.18. The lowest BCUT2D eigenvalue weighted by molar-refractivity contribution is 0.590. The van der Waals surface area contributed by atoms with Gasteiger partial charge in [0, 0.05) is 7.05 Å². The van der Waals surface area contributed by atoms with Gasteiger partial charge in [-0.2, -0.15) is 5.10 Å². The van der Waals surface area contributed by atoms with E-state index < -0.39 is 0 Å². The van der Waals surface area contributed by atoms with Gasteiger partial charge in [-0.15, -0.1) is 0 Å². The number of hydrogen-bond acceptors (Lipinski definition) is 2. The number of nitrogens with one attached hydrogen (secondary N) is 1. The summed E-state index contributed by atoms with van der Waals surface area (Å²) in [5, 5.41) is 3.96. The van der Waals surface area contributed by atoms with Gasteiger partial charge >= 0.3 is 0 Å². The van der Waals surface area contributed by atoms with Crippen molar-refractivity contribution >= 4 is 6.21 Å². The van der Waals surface area contributed by atoms with Gasteiger partial charge in [0.1, 0.15) is 0 Å². The Morgan fingerprint density at radius 3 is 2.14 bits per heavy atom. The Bertz CT molecular complexity index is 304. The summed E-state index contributed by atoms with van der Waals surface area (Å²) >= 11 is 0. The van der Waals surface area contributed by atoms with Crippen LogP contribution in [-0.4, -0.2) is 13.3 Å². The number of benzene rings is 1. The molecular formula is C12H18N2. The zero-order chi connectivity index (χ0) is 10.6. The summed E-state index contributed by atoms with van der Waals surface area (Å²) < 4.78 is 0. The standard InChI is InChI=1S/C12H18N2/c1-12(2,3)11-7-5-10(6-8-11)9-14-13-4/h5-9,13H,1-4H3/b14-9+. The van der Waals surface area contributed by atoms with E-state index in [-0.39, 0.29) is 5.41 Å². The van der Waals surface area contributed by atoms with Gasteiger partial charge in [0.2, 0.25) is 0 Å². The van der Waals surface area contributed by atoms with E-state index in [2.05, 4.69) is 55.6 Å². The van der Waals surface area contributed by atoms with Crippen molar-refractivity contribution in [1.82, 2.24) is 5.43 Å². The van der Waals surface area contributed by atoms with Gasteiger partial charge in [0.05, 0.1) is 6.21 Å². The van der Waals surface area contributed by atoms with Crippen LogP contribution in [0.25, 0.3) is 0 Å². The first-order valence-electron chi connectivity index (χ1n) is 4.84. The minimum Gasteiger partial charge on any atom is -0.313 e. The maximum atomic E-state index is 3.96. The predicted molar refractivity (Wildman–Crippen MR) is 61.8 cm³/mol. The minimum atomic E-state index is 0.221. The van der Waals surface area contributed by atoms with E-state index in [1.54, 1.807) is 7.05 Å². The molecule has 0 atom stereocenters. The molecule has 0 amide bonds. The molecule has 76 valence electrons. The van der Waals surface area contributed by atoms with Crippen LogP contribution in [0.2, 0.25) is 0 Å². The van der Waals surface area contributed by atoms with Gasteiger partial charge in [-0.25, -0.2) is 0 Å². The maximum Gasteiger partial charge on any atom is 0.0540 e. The molecule has 0 aliphatic rings. The van der Waals surface area contributed by atoms with Crippen molar-refractivity contribution in [1.29, 1.82) is 0 Å². The monoisotopic (exact) mass is 190 g/mol. The molecular weight excluding hydrogens is 172 g/mol. The summed E-state index contributed by atoms with van der Waals surface area (Å²) in [6, 6.07) is 8.47. The molecule has 14 heavy (non-hydrogen) atoms. The van der Waals surface area contributed by atoms with E-state index in [9.17, 15) is 0 Å². The van der Waals surface area contributed by atoms with Gasteiger partial charge in [-0.1, -0.05) is 45.0 Å². The van der Waals surface area contributed by atoms with Crippen molar-refractivity contribution in [3.8, 4) is 0 Å². The fourth-order valence-corrected chi connectivity index (χ4v) is 1.21. The van der Waals surface area contributed by atoms with Gasteiger partial charge in [-0.05, 0) is 16.5 Å². The van der Waals surface area contributed by atoms with Crippen molar-refractivity contribution in [3.05, 3.63) is 35.4 Å². The average molecular weight is 190 g/mol. The molecule has 0 unspecified atom stereocenters. The molecule has 0 radical (unpaired) electrons. The molecule has 0 aromatic heterocycles. The van der Waals surface area contributed by atoms with Crippen LogP contribution in [0.3, 0.4) is 0 Å². The van der Waals surface area contributed by atoms with Crippen LogP contribution >= 0.6 is 0 Å². The predicted octanol–water partition coefficient (Wildman–Crippen LogP) is 2.54. The summed E-state index contributed by atoms with van der Waals surface area (Å²) in [6.07, 6.45) is 1.81. The molecule has 0 aliphatic heterocycles. The Labute approximate surface area is 86.0 Å². The molecule has 2 nitrogen and oxygen atoms in total. The molecule has 1 N–H and O–H groups in total. The van der Waals surface area contributed by atoms with Crippen LogP contribution in [-0.2, 0) is 5.41 Å². The fourth-order valence-electron chi connectivity index (χ4n) is 1.21. The van der Waals surface area contributed by atoms with E-state index in [4.69, 9.17) is 0 Å². The summed E-state index contributed by atoms with van der Waals surface area (Å²) in [5.41, 5.74) is 5.42. The molecule has 0 heterocycles. The lowest BCUT2D eigenvalue weighted by Crippen LogP contribution is -2.10. The zero-order valence-corrected chi connectivity index (χ0v) is 9.33.